The maximum Gasteiger partial charge on any atom is 0.488 e. The second kappa shape index (κ2) is 55.1. The van der Waals surface area contributed by atoms with E-state index in [2.05, 4.69) is 79.2 Å². The van der Waals surface area contributed by atoms with Crippen molar-refractivity contribution in [2.24, 2.45) is 0 Å². The van der Waals surface area contributed by atoms with Crippen LogP contribution in [0.5, 0.6) is 75.7 Å². The van der Waals surface area contributed by atoms with Crippen LogP contribution in [-0.2, 0) is 48.6 Å². The molecule has 784 valence electrons. The van der Waals surface area contributed by atoms with Gasteiger partial charge in [0, 0.05) is 59.7 Å². The number of aromatic hydroxyl groups is 1. The maximum absolute atomic E-state index is 13.1. The maximum atomic E-state index is 13.1. The summed E-state index contributed by atoms with van der Waals surface area (Å²) in [5, 5.41) is 80.4. The summed E-state index contributed by atoms with van der Waals surface area (Å²) in [7, 11) is 6.57. The van der Waals surface area contributed by atoms with Crippen LogP contribution in [0.25, 0.3) is 22.5 Å². The second-order valence-electron chi connectivity index (χ2n) is 29.1. The molecule has 0 unspecified atom stereocenters. The fourth-order valence-electron chi connectivity index (χ4n) is 12.6. The van der Waals surface area contributed by atoms with Crippen molar-refractivity contribution in [3.8, 4) is 98.2 Å². The van der Waals surface area contributed by atoms with Gasteiger partial charge in [-0.2, -0.15) is 34.9 Å². The number of aromatic nitrogens is 14. The summed E-state index contributed by atoms with van der Waals surface area (Å²) in [6.45, 7) is 0.468. The van der Waals surface area contributed by atoms with Crippen LogP contribution in [0.15, 0.2) is 187 Å². The van der Waals surface area contributed by atoms with Crippen LogP contribution >= 0.6 is 69.6 Å². The summed E-state index contributed by atoms with van der Waals surface area (Å²) in [6.07, 6.45) is 1.29. The molecule has 18 rings (SSSR count). The van der Waals surface area contributed by atoms with E-state index in [-0.39, 0.29) is 177 Å². The van der Waals surface area contributed by atoms with Crippen molar-refractivity contribution in [3.63, 3.8) is 0 Å². The van der Waals surface area contributed by atoms with Crippen LogP contribution in [-0.4, -0.2) is 180 Å². The fraction of sp³-hybridized carbons (Fsp3) is 0.154. The topological polar surface area (TPSA) is 614 Å². The Morgan fingerprint density at radius 3 is 1.01 bits per heavy atom. The molecule has 0 saturated carbocycles. The SMILES string of the molecule is COc1cc(OC)nc(Cl)n1.COc1nc(Cc2ccc(F)cc2)nc(OC)c1[N+](=O)[O-].COc1nc(Cl)nc(OC)c1[N+](=O)[O-].Nc1c(Cl)nc(Cc2ccc(F)cc2)nc1-c1ccc2c(c1)OCO2.O=[N+]([O-])c1c(Cl)nc(Cc2ccc(F)cc2)nc1-c1ccc2c(c1)OCO2.O=[N+]([O-])c1c(Cl)nc(Cc2ccc(F)cc2)nc1Cl.O=c1[nH]c(Cc2ccc(F)cc2)nc(O)c1[N+](=O)[O-].OB(O)c1ccc2c(c1)OCO2.[CH3-].[Ni]. The Morgan fingerprint density at radius 1 is 0.360 bits per heavy atom. The van der Waals surface area contributed by atoms with Gasteiger partial charge >= 0.3 is 64.6 Å². The van der Waals surface area contributed by atoms with Gasteiger partial charge in [-0.1, -0.05) is 113 Å². The molecule has 8 aromatic carbocycles. The van der Waals surface area contributed by atoms with Gasteiger partial charge in [-0.15, -0.1) is 0 Å². The Hall–Kier alpha value is -16.8. The minimum atomic E-state index is -1.46. The number of hydrogen-bond acceptors (Lipinski definition) is 40. The first-order valence-corrected chi connectivity index (χ1v) is 43.7. The summed E-state index contributed by atoms with van der Waals surface area (Å²) >= 11 is 34.6. The molecule has 10 heterocycles. The van der Waals surface area contributed by atoms with Crippen molar-refractivity contribution < 1.29 is 135 Å². The largest absolute Gasteiger partial charge is 0.488 e. The molecule has 6 N–H and O–H groups in total. The second-order valence-corrected chi connectivity index (χ2v) is 31.2. The molecule has 0 spiro atoms. The summed E-state index contributed by atoms with van der Waals surface area (Å²) in [5.74, 6) is 2.13. The molecule has 46 nitrogen and oxygen atoms in total. The Bertz CT molecular complexity index is 7320. The number of aromatic amines is 1. The molecule has 0 fully saturated rings. The molecule has 7 aromatic heterocycles. The van der Waals surface area contributed by atoms with Gasteiger partial charge < -0.3 is 90.1 Å². The van der Waals surface area contributed by atoms with Gasteiger partial charge in [0.05, 0.1) is 84.7 Å². The molecule has 3 aliphatic heterocycles. The van der Waals surface area contributed by atoms with Gasteiger partial charge in [0.25, 0.3) is 5.88 Å². The molecule has 0 aliphatic carbocycles. The van der Waals surface area contributed by atoms with Gasteiger partial charge in [0.1, 0.15) is 58.2 Å². The number of anilines is 1. The third-order valence-corrected chi connectivity index (χ3v) is 20.8. The average Bonchev–Trinajstić information content (AvgIpc) is 1.59. The third-order valence-electron chi connectivity index (χ3n) is 19.4. The van der Waals surface area contributed by atoms with E-state index in [1.165, 1.54) is 115 Å². The smallest absolute Gasteiger partial charge is 0.488 e. The number of rotatable bonds is 24. The zero-order valence-electron chi connectivity index (χ0n) is 77.9. The van der Waals surface area contributed by atoms with Crippen molar-refractivity contribution in [2.75, 3.05) is 68.8 Å². The van der Waals surface area contributed by atoms with Crippen LogP contribution in [0, 0.1) is 87.1 Å². The van der Waals surface area contributed by atoms with Gasteiger partial charge in [-0.3, -0.25) is 55.4 Å². The van der Waals surface area contributed by atoms with Gasteiger partial charge in [-0.05, 0) is 166 Å². The number of H-pyrrole nitrogens is 1. The zero-order valence-corrected chi connectivity index (χ0v) is 83.4. The van der Waals surface area contributed by atoms with Crippen molar-refractivity contribution in [2.45, 2.75) is 32.1 Å². The number of hydrogen-bond donors (Lipinski definition) is 5. The number of nitrogens with zero attached hydrogens (tertiary/aromatic N) is 18. The number of methoxy groups -OCH3 is 6. The van der Waals surface area contributed by atoms with E-state index >= 15 is 0 Å². The first-order valence-electron chi connectivity index (χ1n) is 41.4. The first-order chi connectivity index (χ1) is 70.7. The summed E-state index contributed by atoms with van der Waals surface area (Å²) < 4.78 is 125. The number of nitrogens with two attached hydrogens (primary N) is 1. The van der Waals surface area contributed by atoms with E-state index in [0.29, 0.717) is 86.5 Å². The number of nitrogen functional groups attached to an aromatic ring is 1. The summed E-state index contributed by atoms with van der Waals surface area (Å²) in [4.78, 5) is 115. The van der Waals surface area contributed by atoms with Gasteiger partial charge in [0.15, 0.2) is 45.3 Å². The van der Waals surface area contributed by atoms with Crippen LogP contribution in [0.3, 0.4) is 0 Å². The molecular weight excluding hydrogens is 2170 g/mol. The number of nitrogens with one attached hydrogen (secondary N) is 1. The quantitative estimate of drug-likeness (QED) is 0.00713. The molecule has 150 heavy (non-hydrogen) atoms. The predicted octanol–water partition coefficient (Wildman–Crippen LogP) is 16.4. The van der Waals surface area contributed by atoms with E-state index in [1.54, 1.807) is 103 Å². The Morgan fingerprint density at radius 2 is 0.660 bits per heavy atom. The molecule has 0 amide bonds. The minimum Gasteiger partial charge on any atom is -0.488 e. The Balaban J connectivity index is 0.000000193. The van der Waals surface area contributed by atoms with Crippen molar-refractivity contribution in [1.29, 1.82) is 0 Å². The van der Waals surface area contributed by atoms with E-state index < -0.39 is 77.4 Å². The number of benzene rings is 8. The van der Waals surface area contributed by atoms with Crippen LogP contribution in [0.2, 0.25) is 31.2 Å². The molecule has 0 saturated heterocycles. The van der Waals surface area contributed by atoms with Crippen LogP contribution in [0.4, 0.5) is 56.1 Å². The fourth-order valence-corrected chi connectivity index (χ4v) is 13.9. The van der Waals surface area contributed by atoms with E-state index in [1.807, 2.05) is 6.07 Å². The minimum absolute atomic E-state index is 0. The number of ether oxygens (including phenoxy) is 12. The van der Waals surface area contributed by atoms with Crippen molar-refractivity contribution in [3.05, 3.63) is 368 Å². The van der Waals surface area contributed by atoms with Crippen LogP contribution < -0.4 is 73.6 Å². The molecule has 3 aliphatic rings. The number of halogens is 11. The van der Waals surface area contributed by atoms with E-state index in [0.717, 1.165) is 27.8 Å². The molecule has 15 aromatic rings. The van der Waals surface area contributed by atoms with Crippen molar-refractivity contribution >= 4 is 116 Å². The zero-order chi connectivity index (χ0) is 107. The molecule has 0 bridgehead atoms. The number of fused-ring (bicyclic) bond motifs is 3. The average molecular weight is 2240 g/mol. The Labute approximate surface area is 882 Å². The Kier molecular flexibility index (Phi) is 42.9. The monoisotopic (exact) mass is 2240 g/mol. The van der Waals surface area contributed by atoms with E-state index in [4.69, 9.17) is 133 Å². The molecular formula is C91H73BCl6F5N20NiO26-. The first kappa shape index (κ1) is 117. The normalized spacial score (nSPS) is 11.0. The molecule has 0 radical (unpaired) electrons. The van der Waals surface area contributed by atoms with E-state index in [9.17, 15) is 82.4 Å². The predicted molar refractivity (Wildman–Crippen MR) is 524 cm³/mol. The van der Waals surface area contributed by atoms with Crippen LogP contribution in [0.1, 0.15) is 56.9 Å². The third kappa shape index (κ3) is 32.3. The van der Waals surface area contributed by atoms with Gasteiger partial charge in [-0.25, -0.2) is 51.9 Å². The molecule has 59 heteroatoms. The standard InChI is InChI=1S/C18H11ClFN3O4.C18H13ClFN3O2.C13H12FN3O4.C11H6Cl2FN3O2.C11H8FN3O4.C7H7BO4.C6H6ClN3O4.C6H7ClN2O2.CH3.Ni/c19-18-17(23(24)25)16(11-3-6-13-14(8-11)27-9-26-13)21-15(22-18)7-10-1-4-12(20)5-2-10;19-18-16(21)17(11-3-6-13-14(8-11)25-9-24-13)22-15(23-18)7-10-1-4-12(20)5-2-10;1-20-12-11(17(18)19)13(21-2)16-10(15-12)7-8-3-5-9(14)6-4-8;12-10-9(17(18)19)11(13)16-8(15-10)5-6-1-3-7(14)4-2-6;12-7-3-1-6(2-4-7)5-8-13-10(16)9(15(18)19)11(17)14-8;9-8(10)5-1-2-6-7(3-5)12-4-11-6;1-13-4-3(10(11)12)5(14-2)9-6(7)8-4;1-10-4-3-5(11-2)9-6(7)8-4;;/h1-6,8H,7,9H2;1-6,8H,7,9,21H2;3-6H,7H2,1-2H3;1-4H,5H2;1-4H,5H2,(H2,13,14,16,17);1-3,9-10H,4H2;1-2H3;3H,1-2H3;1H3;/q;;;;;;;;-1;. The summed E-state index contributed by atoms with van der Waals surface area (Å²) in [6, 6.07) is 45.6. The van der Waals surface area contributed by atoms with Crippen molar-refractivity contribution in [1.82, 2.24) is 69.8 Å². The van der Waals surface area contributed by atoms with Gasteiger partial charge in [0.2, 0.25) is 58.2 Å². The summed E-state index contributed by atoms with van der Waals surface area (Å²) in [5.41, 5.74) is 8.51. The molecule has 0 atom stereocenters. The number of nitro groups is 5.